The highest BCUT2D eigenvalue weighted by atomic mass is 32.2. The van der Waals surface area contributed by atoms with Gasteiger partial charge >= 0.3 is 5.97 Å². The van der Waals surface area contributed by atoms with Gasteiger partial charge in [-0.3, -0.25) is 4.79 Å². The summed E-state index contributed by atoms with van der Waals surface area (Å²) < 4.78 is 4.85. The molecule has 1 aliphatic heterocycles. The Morgan fingerprint density at radius 1 is 1.04 bits per heavy atom. The van der Waals surface area contributed by atoms with Crippen LogP contribution in [0.2, 0.25) is 0 Å². The molecule has 0 saturated heterocycles. The molecule has 1 aliphatic rings. The van der Waals surface area contributed by atoms with Gasteiger partial charge < -0.3 is 15.4 Å². The molecule has 0 aliphatic carbocycles. The second-order valence-electron chi connectivity index (χ2n) is 5.83. The molecule has 7 heteroatoms. The minimum atomic E-state index is -0.324. The van der Waals surface area contributed by atoms with Gasteiger partial charge in [0.15, 0.2) is 0 Å². The minimum absolute atomic E-state index is 0.222. The lowest BCUT2D eigenvalue weighted by molar-refractivity contribution is -0.136. The Balaban J connectivity index is 1.67. The maximum Gasteiger partial charge on any atom is 0.336 e. The molecule has 0 aromatic heterocycles. The van der Waals surface area contributed by atoms with Gasteiger partial charge in [0, 0.05) is 28.2 Å². The van der Waals surface area contributed by atoms with E-state index in [4.69, 9.17) is 4.74 Å². The van der Waals surface area contributed by atoms with Crippen LogP contribution in [-0.4, -0.2) is 30.5 Å². The second-order valence-corrected chi connectivity index (χ2v) is 7.80. The lowest BCUT2D eigenvalue weighted by atomic mass is 10.2. The van der Waals surface area contributed by atoms with Gasteiger partial charge in [0.1, 0.15) is 0 Å². The van der Waals surface area contributed by atoms with Crippen LogP contribution < -0.4 is 10.6 Å². The number of anilines is 2. The number of esters is 1. The zero-order valence-electron chi connectivity index (χ0n) is 15.3. The number of ether oxygens (including phenoxy) is 1. The maximum atomic E-state index is 12.3. The fourth-order valence-corrected chi connectivity index (χ4v) is 4.27. The van der Waals surface area contributed by atoms with Crippen LogP contribution in [0.5, 0.6) is 0 Å². The molecule has 1 heterocycles. The molecule has 2 N–H and O–H groups in total. The van der Waals surface area contributed by atoms with Crippen molar-refractivity contribution < 1.29 is 14.3 Å². The number of nitrogens with one attached hydrogen (secondary N) is 2. The molecule has 0 bridgehead atoms. The molecular weight excluding hydrogens is 392 g/mol. The monoisotopic (exact) mass is 412 g/mol. The Kier molecular flexibility index (Phi) is 7.22. The minimum Gasteiger partial charge on any atom is -0.466 e. The maximum absolute atomic E-state index is 12.3. The van der Waals surface area contributed by atoms with Crippen LogP contribution in [0.15, 0.2) is 82.2 Å². The van der Waals surface area contributed by atoms with E-state index in [1.165, 1.54) is 24.9 Å². The van der Waals surface area contributed by atoms with E-state index in [9.17, 15) is 9.59 Å². The Labute approximate surface area is 172 Å². The van der Waals surface area contributed by atoms with Gasteiger partial charge in [-0.25, -0.2) is 4.79 Å². The number of hydrogen-bond acceptors (Lipinski definition) is 6. The molecule has 5 nitrogen and oxygen atoms in total. The van der Waals surface area contributed by atoms with Gasteiger partial charge in [-0.15, -0.1) is 0 Å². The number of para-hydroxylation sites is 2. The predicted molar refractivity (Wildman–Crippen MR) is 117 cm³/mol. The lowest BCUT2D eigenvalue weighted by Crippen LogP contribution is -2.13. The van der Waals surface area contributed by atoms with Crippen LogP contribution >= 0.6 is 23.5 Å². The van der Waals surface area contributed by atoms with E-state index in [0.717, 1.165) is 16.3 Å². The summed E-state index contributed by atoms with van der Waals surface area (Å²) in [5.74, 6) is 0.763. The number of carbonyl (C=O) groups is 2. The highest BCUT2D eigenvalue weighted by Crippen LogP contribution is 2.30. The molecule has 0 spiro atoms. The molecule has 1 amide bonds. The van der Waals surface area contributed by atoms with E-state index in [0.29, 0.717) is 22.8 Å². The van der Waals surface area contributed by atoms with Crippen LogP contribution in [0, 0.1) is 0 Å². The van der Waals surface area contributed by atoms with Crippen molar-refractivity contribution in [1.82, 2.24) is 0 Å². The van der Waals surface area contributed by atoms with E-state index in [1.54, 1.807) is 17.2 Å². The first-order valence-corrected chi connectivity index (χ1v) is 10.6. The molecular formula is C21H20N2O3S2. The van der Waals surface area contributed by atoms with Gasteiger partial charge in [0.2, 0.25) is 5.91 Å². The van der Waals surface area contributed by atoms with Crippen molar-refractivity contribution in [3.63, 3.8) is 0 Å². The molecule has 0 atom stereocenters. The van der Waals surface area contributed by atoms with E-state index in [1.807, 2.05) is 54.6 Å². The van der Waals surface area contributed by atoms with Crippen LogP contribution in [0.1, 0.15) is 0 Å². The van der Waals surface area contributed by atoms with Crippen molar-refractivity contribution >= 4 is 46.8 Å². The quantitative estimate of drug-likeness (QED) is 0.396. The first kappa shape index (κ1) is 20.1. The van der Waals surface area contributed by atoms with Gasteiger partial charge in [-0.2, -0.15) is 11.8 Å². The van der Waals surface area contributed by atoms with Crippen molar-refractivity contribution in [2.45, 2.75) is 4.90 Å². The smallest absolute Gasteiger partial charge is 0.336 e. The van der Waals surface area contributed by atoms with Gasteiger partial charge in [0.05, 0.1) is 24.1 Å². The summed E-state index contributed by atoms with van der Waals surface area (Å²) in [4.78, 5) is 25.2. The average Bonchev–Trinajstić information content (AvgIpc) is 3.18. The molecule has 28 heavy (non-hydrogen) atoms. The summed E-state index contributed by atoms with van der Waals surface area (Å²) in [6.45, 7) is 0. The molecule has 144 valence electrons. The van der Waals surface area contributed by atoms with Crippen molar-refractivity contribution in [2.24, 2.45) is 0 Å². The van der Waals surface area contributed by atoms with Gasteiger partial charge in [-0.05, 0) is 29.7 Å². The average molecular weight is 413 g/mol. The SMILES string of the molecule is COC(=O)C1=C(Nc2ccccc2NC(=O)/C=C/Sc2ccccc2)CSC1. The zero-order valence-corrected chi connectivity index (χ0v) is 16.9. The molecule has 0 radical (unpaired) electrons. The first-order chi connectivity index (χ1) is 13.7. The first-order valence-electron chi connectivity index (χ1n) is 8.60. The number of benzene rings is 2. The fraction of sp³-hybridized carbons (Fsp3) is 0.143. The Bertz CT molecular complexity index is 911. The third-order valence-corrected chi connectivity index (χ3v) is 5.73. The topological polar surface area (TPSA) is 67.4 Å². The zero-order chi connectivity index (χ0) is 19.8. The summed E-state index contributed by atoms with van der Waals surface area (Å²) in [5, 5.41) is 7.91. The summed E-state index contributed by atoms with van der Waals surface area (Å²) in [5.41, 5.74) is 2.83. The number of methoxy groups -OCH3 is 1. The van der Waals surface area contributed by atoms with Gasteiger partial charge in [-0.1, -0.05) is 42.1 Å². The molecule has 3 rings (SSSR count). The molecule has 0 unspecified atom stereocenters. The third kappa shape index (κ3) is 5.43. The molecule has 2 aromatic rings. The lowest BCUT2D eigenvalue weighted by Gasteiger charge is -2.14. The molecule has 0 fully saturated rings. The van der Waals surface area contributed by atoms with Gasteiger partial charge in [0.25, 0.3) is 0 Å². The predicted octanol–water partition coefficient (Wildman–Crippen LogP) is 4.52. The number of thioether (sulfide) groups is 2. The largest absolute Gasteiger partial charge is 0.466 e. The normalized spacial score (nSPS) is 13.6. The van der Waals surface area contributed by atoms with Crippen LogP contribution in [-0.2, 0) is 14.3 Å². The van der Waals surface area contributed by atoms with E-state index in [2.05, 4.69) is 10.6 Å². The van der Waals surface area contributed by atoms with Crippen molar-refractivity contribution in [1.29, 1.82) is 0 Å². The number of carbonyl (C=O) groups excluding carboxylic acids is 2. The summed E-state index contributed by atoms with van der Waals surface area (Å²) in [7, 11) is 1.38. The Hall–Kier alpha value is -2.64. The Morgan fingerprint density at radius 2 is 1.75 bits per heavy atom. The van der Waals surface area contributed by atoms with Crippen molar-refractivity contribution in [3.8, 4) is 0 Å². The number of rotatable bonds is 7. The van der Waals surface area contributed by atoms with Crippen molar-refractivity contribution in [3.05, 3.63) is 77.4 Å². The summed E-state index contributed by atoms with van der Waals surface area (Å²) in [6.07, 6.45) is 1.50. The Morgan fingerprint density at radius 3 is 2.50 bits per heavy atom. The molecule has 0 saturated carbocycles. The third-order valence-electron chi connectivity index (χ3n) is 3.93. The van der Waals surface area contributed by atoms with E-state index < -0.39 is 0 Å². The highest BCUT2D eigenvalue weighted by molar-refractivity contribution is 8.02. The number of amides is 1. The summed E-state index contributed by atoms with van der Waals surface area (Å²) >= 11 is 3.12. The summed E-state index contributed by atoms with van der Waals surface area (Å²) in [6, 6.07) is 17.2. The van der Waals surface area contributed by atoms with E-state index in [-0.39, 0.29) is 11.9 Å². The van der Waals surface area contributed by atoms with Crippen LogP contribution in [0.25, 0.3) is 0 Å². The van der Waals surface area contributed by atoms with Crippen LogP contribution in [0.4, 0.5) is 11.4 Å². The highest BCUT2D eigenvalue weighted by Gasteiger charge is 2.22. The van der Waals surface area contributed by atoms with Crippen LogP contribution in [0.3, 0.4) is 0 Å². The number of hydrogen-bond donors (Lipinski definition) is 2. The van der Waals surface area contributed by atoms with Crippen molar-refractivity contribution in [2.75, 3.05) is 29.2 Å². The fourth-order valence-electron chi connectivity index (χ4n) is 2.56. The van der Waals surface area contributed by atoms with E-state index >= 15 is 0 Å². The standard InChI is InChI=1S/C21H20N2O3S2/c1-26-21(25)16-13-27-14-19(16)22-17-9-5-6-10-18(17)23-20(24)11-12-28-15-7-3-2-4-8-15/h2-12,22H,13-14H2,1H3,(H,23,24)/b12-11+. The second kappa shape index (κ2) is 10.1. The molecule has 2 aromatic carbocycles.